The van der Waals surface area contributed by atoms with Crippen molar-refractivity contribution in [1.82, 2.24) is 0 Å². The van der Waals surface area contributed by atoms with Crippen LogP contribution in [-0.4, -0.2) is 32.0 Å². The summed E-state index contributed by atoms with van der Waals surface area (Å²) in [6.45, 7) is 1.43. The summed E-state index contributed by atoms with van der Waals surface area (Å²) < 4.78 is 22.0. The Morgan fingerprint density at radius 1 is 1.16 bits per heavy atom. The van der Waals surface area contributed by atoms with Gasteiger partial charge < -0.3 is 24.3 Å². The minimum atomic E-state index is -0.234. The predicted octanol–water partition coefficient (Wildman–Crippen LogP) is 3.23. The number of rotatable bonds is 5. The topological polar surface area (TPSA) is 66.0 Å². The third-order valence-electron chi connectivity index (χ3n) is 4.21. The van der Waals surface area contributed by atoms with E-state index in [1.807, 2.05) is 12.1 Å². The van der Waals surface area contributed by atoms with E-state index in [2.05, 4.69) is 5.32 Å². The molecule has 2 aromatic rings. The fraction of sp³-hybridized carbons (Fsp3) is 0.316. The SMILES string of the molecule is O=C(Nc1ccc2c(c1)OCO2)c1ccccc1OCC1CCCO1. The molecule has 2 aliphatic heterocycles. The minimum absolute atomic E-state index is 0.102. The van der Waals surface area contributed by atoms with Crippen LogP contribution in [0.4, 0.5) is 5.69 Å². The Morgan fingerprint density at radius 3 is 2.92 bits per heavy atom. The van der Waals surface area contributed by atoms with Crippen molar-refractivity contribution in [1.29, 1.82) is 0 Å². The zero-order valence-electron chi connectivity index (χ0n) is 13.7. The summed E-state index contributed by atoms with van der Waals surface area (Å²) in [5, 5.41) is 2.87. The molecule has 2 aromatic carbocycles. The summed E-state index contributed by atoms with van der Waals surface area (Å²) in [5.41, 5.74) is 1.13. The Kier molecular flexibility index (Phi) is 4.43. The van der Waals surface area contributed by atoms with Crippen LogP contribution in [0.2, 0.25) is 0 Å². The highest BCUT2D eigenvalue weighted by Gasteiger charge is 2.19. The van der Waals surface area contributed by atoms with Crippen molar-refractivity contribution in [3.63, 3.8) is 0 Å². The number of carbonyl (C=O) groups excluding carboxylic acids is 1. The molecule has 0 spiro atoms. The van der Waals surface area contributed by atoms with Gasteiger partial charge in [-0.15, -0.1) is 0 Å². The van der Waals surface area contributed by atoms with Gasteiger partial charge in [-0.25, -0.2) is 0 Å². The molecule has 0 radical (unpaired) electrons. The molecule has 1 unspecified atom stereocenters. The van der Waals surface area contributed by atoms with Crippen LogP contribution in [-0.2, 0) is 4.74 Å². The Bertz CT molecular complexity index is 770. The van der Waals surface area contributed by atoms with E-state index in [-0.39, 0.29) is 18.8 Å². The second kappa shape index (κ2) is 7.03. The molecule has 1 fully saturated rings. The van der Waals surface area contributed by atoms with Crippen LogP contribution in [0.5, 0.6) is 17.2 Å². The summed E-state index contributed by atoms with van der Waals surface area (Å²) >= 11 is 0. The molecule has 1 saturated heterocycles. The molecule has 6 nitrogen and oxygen atoms in total. The summed E-state index contributed by atoms with van der Waals surface area (Å²) in [4.78, 5) is 12.6. The molecule has 25 heavy (non-hydrogen) atoms. The first-order valence-electron chi connectivity index (χ1n) is 8.34. The van der Waals surface area contributed by atoms with Crippen molar-refractivity contribution >= 4 is 11.6 Å². The van der Waals surface area contributed by atoms with Gasteiger partial charge in [0.2, 0.25) is 6.79 Å². The van der Waals surface area contributed by atoms with Crippen LogP contribution in [0.3, 0.4) is 0 Å². The van der Waals surface area contributed by atoms with E-state index in [4.69, 9.17) is 18.9 Å². The van der Waals surface area contributed by atoms with Crippen molar-refractivity contribution < 1.29 is 23.7 Å². The van der Waals surface area contributed by atoms with E-state index >= 15 is 0 Å². The molecular formula is C19H19NO5. The van der Waals surface area contributed by atoms with E-state index in [1.54, 1.807) is 30.3 Å². The monoisotopic (exact) mass is 341 g/mol. The van der Waals surface area contributed by atoms with Crippen molar-refractivity contribution in [2.75, 3.05) is 25.3 Å². The molecule has 1 atom stereocenters. The predicted molar refractivity (Wildman–Crippen MR) is 91.4 cm³/mol. The van der Waals surface area contributed by atoms with Crippen molar-refractivity contribution in [2.45, 2.75) is 18.9 Å². The van der Waals surface area contributed by atoms with Gasteiger partial charge in [-0.2, -0.15) is 0 Å². The first-order chi connectivity index (χ1) is 12.3. The lowest BCUT2D eigenvalue weighted by Crippen LogP contribution is -2.19. The first kappa shape index (κ1) is 15.8. The lowest BCUT2D eigenvalue weighted by molar-refractivity contribution is 0.0673. The lowest BCUT2D eigenvalue weighted by atomic mass is 10.1. The van der Waals surface area contributed by atoms with Gasteiger partial charge in [-0.05, 0) is 37.1 Å². The van der Waals surface area contributed by atoms with Crippen LogP contribution < -0.4 is 19.5 Å². The van der Waals surface area contributed by atoms with E-state index in [0.717, 1.165) is 19.4 Å². The molecule has 2 heterocycles. The number of amides is 1. The number of nitrogens with one attached hydrogen (secondary N) is 1. The highest BCUT2D eigenvalue weighted by Crippen LogP contribution is 2.34. The molecule has 0 aromatic heterocycles. The Hall–Kier alpha value is -2.73. The summed E-state index contributed by atoms with van der Waals surface area (Å²) in [7, 11) is 0. The second-order valence-corrected chi connectivity index (χ2v) is 5.96. The third kappa shape index (κ3) is 3.53. The van der Waals surface area contributed by atoms with E-state index < -0.39 is 0 Å². The number of ether oxygens (including phenoxy) is 4. The number of carbonyl (C=O) groups is 1. The number of fused-ring (bicyclic) bond motifs is 1. The zero-order valence-corrected chi connectivity index (χ0v) is 13.7. The van der Waals surface area contributed by atoms with Gasteiger partial charge in [-0.1, -0.05) is 12.1 Å². The van der Waals surface area contributed by atoms with E-state index in [9.17, 15) is 4.79 Å². The van der Waals surface area contributed by atoms with Gasteiger partial charge in [-0.3, -0.25) is 4.79 Å². The maximum absolute atomic E-state index is 12.6. The maximum Gasteiger partial charge on any atom is 0.259 e. The van der Waals surface area contributed by atoms with Crippen molar-refractivity contribution in [2.24, 2.45) is 0 Å². The summed E-state index contributed by atoms with van der Waals surface area (Å²) in [6, 6.07) is 12.5. The Balaban J connectivity index is 1.46. The smallest absolute Gasteiger partial charge is 0.259 e. The highest BCUT2D eigenvalue weighted by atomic mass is 16.7. The average Bonchev–Trinajstić information content (AvgIpc) is 3.31. The molecule has 1 amide bonds. The highest BCUT2D eigenvalue weighted by molar-refractivity contribution is 6.06. The largest absolute Gasteiger partial charge is 0.490 e. The molecule has 130 valence electrons. The normalized spacial score (nSPS) is 18.2. The average molecular weight is 341 g/mol. The molecule has 0 aliphatic carbocycles. The Morgan fingerprint density at radius 2 is 2.04 bits per heavy atom. The lowest BCUT2D eigenvalue weighted by Gasteiger charge is -2.14. The molecule has 6 heteroatoms. The van der Waals surface area contributed by atoms with Gasteiger partial charge in [0, 0.05) is 18.4 Å². The maximum atomic E-state index is 12.6. The van der Waals surface area contributed by atoms with E-state index in [0.29, 0.717) is 35.1 Å². The molecule has 0 bridgehead atoms. The molecule has 4 rings (SSSR count). The summed E-state index contributed by atoms with van der Waals surface area (Å²) in [5.74, 6) is 1.62. The van der Waals surface area contributed by atoms with Crippen LogP contribution in [0.15, 0.2) is 42.5 Å². The summed E-state index contributed by atoms with van der Waals surface area (Å²) in [6.07, 6.45) is 2.15. The quantitative estimate of drug-likeness (QED) is 0.904. The number of hydrogen-bond donors (Lipinski definition) is 1. The standard InChI is InChI=1S/C19H19NO5/c21-19(20-13-7-8-17-18(10-13)25-12-24-17)15-5-1-2-6-16(15)23-11-14-4-3-9-22-14/h1-2,5-8,10,14H,3-4,9,11-12H2,(H,20,21). The van der Waals surface area contributed by atoms with Crippen LogP contribution >= 0.6 is 0 Å². The fourth-order valence-corrected chi connectivity index (χ4v) is 2.91. The van der Waals surface area contributed by atoms with Crippen molar-refractivity contribution in [3.8, 4) is 17.2 Å². The second-order valence-electron chi connectivity index (χ2n) is 5.96. The van der Waals surface area contributed by atoms with Crippen LogP contribution in [0.1, 0.15) is 23.2 Å². The van der Waals surface area contributed by atoms with Crippen LogP contribution in [0, 0.1) is 0 Å². The number of anilines is 1. The Labute approximate surface area is 145 Å². The number of hydrogen-bond acceptors (Lipinski definition) is 5. The fourth-order valence-electron chi connectivity index (χ4n) is 2.91. The number of benzene rings is 2. The van der Waals surface area contributed by atoms with Crippen molar-refractivity contribution in [3.05, 3.63) is 48.0 Å². The third-order valence-corrected chi connectivity index (χ3v) is 4.21. The molecule has 1 N–H and O–H groups in total. The van der Waals surface area contributed by atoms with Gasteiger partial charge in [0.1, 0.15) is 12.4 Å². The van der Waals surface area contributed by atoms with Gasteiger partial charge in [0.05, 0.1) is 11.7 Å². The molecule has 0 saturated carbocycles. The zero-order chi connectivity index (χ0) is 17.1. The first-order valence-corrected chi connectivity index (χ1v) is 8.34. The van der Waals surface area contributed by atoms with Crippen LogP contribution in [0.25, 0.3) is 0 Å². The van der Waals surface area contributed by atoms with Gasteiger partial charge >= 0.3 is 0 Å². The number of para-hydroxylation sites is 1. The van der Waals surface area contributed by atoms with E-state index in [1.165, 1.54) is 0 Å². The molecular weight excluding hydrogens is 322 g/mol. The molecule has 2 aliphatic rings. The van der Waals surface area contributed by atoms with Gasteiger partial charge in [0.25, 0.3) is 5.91 Å². The minimum Gasteiger partial charge on any atom is -0.490 e. The van der Waals surface area contributed by atoms with Gasteiger partial charge in [0.15, 0.2) is 11.5 Å².